The van der Waals surface area contributed by atoms with Gasteiger partial charge in [-0.25, -0.2) is 16.8 Å². The van der Waals surface area contributed by atoms with Crippen molar-refractivity contribution in [1.82, 2.24) is 0 Å². The van der Waals surface area contributed by atoms with Gasteiger partial charge in [-0.3, -0.25) is 0 Å². The zero-order valence-corrected chi connectivity index (χ0v) is 20.3. The van der Waals surface area contributed by atoms with E-state index in [2.05, 4.69) is 0 Å². The summed E-state index contributed by atoms with van der Waals surface area (Å²) in [7, 11) is -7.45. The molecule has 0 atom stereocenters. The van der Waals surface area contributed by atoms with Crippen LogP contribution >= 0.6 is 0 Å². The molecular weight excluding hydrogens is 488 g/mol. The van der Waals surface area contributed by atoms with Gasteiger partial charge in [-0.15, -0.1) is 0 Å². The van der Waals surface area contributed by atoms with E-state index in [1.54, 1.807) is 12.1 Å². The number of rotatable bonds is 8. The second-order valence-corrected chi connectivity index (χ2v) is 11.3. The fourth-order valence-electron chi connectivity index (χ4n) is 3.29. The van der Waals surface area contributed by atoms with Gasteiger partial charge >= 0.3 is 0 Å². The Morgan fingerprint density at radius 1 is 0.543 bits per heavy atom. The van der Waals surface area contributed by atoms with E-state index in [9.17, 15) is 21.9 Å². The molecule has 180 valence electrons. The fraction of sp³-hybridized carbons (Fsp3) is 0.0769. The number of sulfone groups is 2. The topological polar surface area (TPSA) is 107 Å². The molecule has 0 radical (unpaired) electrons. The third-order valence-corrected chi connectivity index (χ3v) is 8.67. The van der Waals surface area contributed by atoms with Gasteiger partial charge in [0.05, 0.1) is 26.2 Å². The van der Waals surface area contributed by atoms with E-state index in [1.807, 2.05) is 6.92 Å². The molecule has 4 aromatic carbocycles. The molecule has 0 aliphatic carbocycles. The van der Waals surface area contributed by atoms with Crippen molar-refractivity contribution in [2.24, 2.45) is 0 Å². The van der Waals surface area contributed by atoms with E-state index in [-0.39, 0.29) is 25.3 Å². The highest BCUT2D eigenvalue weighted by molar-refractivity contribution is 7.91. The summed E-state index contributed by atoms with van der Waals surface area (Å²) >= 11 is 0. The largest absolute Gasteiger partial charge is 0.508 e. The molecule has 9 heteroatoms. The van der Waals surface area contributed by atoms with Gasteiger partial charge in [0, 0.05) is 0 Å². The molecule has 7 nitrogen and oxygen atoms in total. The second kappa shape index (κ2) is 9.81. The first-order valence-corrected chi connectivity index (χ1v) is 13.6. The summed E-state index contributed by atoms with van der Waals surface area (Å²) in [5, 5.41) is 9.37. The monoisotopic (exact) mass is 510 g/mol. The van der Waals surface area contributed by atoms with Crippen LogP contribution in [0.15, 0.2) is 117 Å². The first-order chi connectivity index (χ1) is 16.7. The van der Waals surface area contributed by atoms with Crippen molar-refractivity contribution in [3.05, 3.63) is 97.1 Å². The molecule has 0 aromatic heterocycles. The summed E-state index contributed by atoms with van der Waals surface area (Å²) < 4.78 is 62.3. The van der Waals surface area contributed by atoms with Crippen LogP contribution in [0.4, 0.5) is 0 Å². The first-order valence-electron chi connectivity index (χ1n) is 10.6. The van der Waals surface area contributed by atoms with Gasteiger partial charge in [-0.1, -0.05) is 0 Å². The third kappa shape index (κ3) is 5.31. The van der Waals surface area contributed by atoms with Crippen molar-refractivity contribution in [2.45, 2.75) is 26.5 Å². The van der Waals surface area contributed by atoms with Crippen molar-refractivity contribution in [3.8, 4) is 23.0 Å². The lowest BCUT2D eigenvalue weighted by molar-refractivity contribution is 0.340. The Bertz CT molecular complexity index is 1510. The Balaban J connectivity index is 1.48. The highest BCUT2D eigenvalue weighted by Gasteiger charge is 2.19. The average Bonchev–Trinajstić information content (AvgIpc) is 2.86. The number of hydrogen-bond acceptors (Lipinski definition) is 7. The van der Waals surface area contributed by atoms with Crippen LogP contribution < -0.4 is 9.47 Å². The zero-order valence-electron chi connectivity index (χ0n) is 18.7. The van der Waals surface area contributed by atoms with E-state index in [0.29, 0.717) is 23.9 Å². The Kier molecular flexibility index (Phi) is 6.81. The van der Waals surface area contributed by atoms with Crippen molar-refractivity contribution in [1.29, 1.82) is 0 Å². The van der Waals surface area contributed by atoms with Gasteiger partial charge in [0.1, 0.15) is 23.0 Å². The summed E-state index contributed by atoms with van der Waals surface area (Å²) in [6.07, 6.45) is 0. The Hall–Kier alpha value is -3.82. The molecule has 0 aliphatic rings. The van der Waals surface area contributed by atoms with Crippen molar-refractivity contribution in [3.63, 3.8) is 0 Å². The molecule has 0 saturated carbocycles. The molecular formula is C26H22O7S2. The predicted octanol–water partition coefficient (Wildman–Crippen LogP) is 5.25. The Morgan fingerprint density at radius 3 is 1.20 bits per heavy atom. The maximum Gasteiger partial charge on any atom is 0.206 e. The molecule has 4 rings (SSSR count). The number of hydrogen-bond donors (Lipinski definition) is 1. The summed E-state index contributed by atoms with van der Waals surface area (Å²) in [5.41, 5.74) is 0. The number of benzene rings is 4. The minimum Gasteiger partial charge on any atom is -0.508 e. The predicted molar refractivity (Wildman–Crippen MR) is 130 cm³/mol. The van der Waals surface area contributed by atoms with Crippen molar-refractivity contribution >= 4 is 19.7 Å². The first kappa shape index (κ1) is 24.3. The molecule has 0 bridgehead atoms. The lowest BCUT2D eigenvalue weighted by Gasteiger charge is -2.10. The maximum atomic E-state index is 12.9. The van der Waals surface area contributed by atoms with Crippen LogP contribution in [0.2, 0.25) is 0 Å². The number of aromatic hydroxyl groups is 1. The Morgan fingerprint density at radius 2 is 0.857 bits per heavy atom. The maximum absolute atomic E-state index is 12.9. The van der Waals surface area contributed by atoms with Gasteiger partial charge in [0.25, 0.3) is 0 Å². The van der Waals surface area contributed by atoms with Gasteiger partial charge in [-0.2, -0.15) is 0 Å². The summed E-state index contributed by atoms with van der Waals surface area (Å²) in [5.74, 6) is 1.35. The van der Waals surface area contributed by atoms with Crippen molar-refractivity contribution in [2.75, 3.05) is 6.61 Å². The lowest BCUT2D eigenvalue weighted by Crippen LogP contribution is -2.02. The molecule has 0 heterocycles. The summed E-state index contributed by atoms with van der Waals surface area (Å²) in [6, 6.07) is 23.3. The van der Waals surface area contributed by atoms with Crippen LogP contribution in [-0.4, -0.2) is 28.5 Å². The Labute approximate surface area is 204 Å². The van der Waals surface area contributed by atoms with E-state index in [0.717, 1.165) is 0 Å². The molecule has 0 aliphatic heterocycles. The van der Waals surface area contributed by atoms with E-state index in [4.69, 9.17) is 9.47 Å². The lowest BCUT2D eigenvalue weighted by atomic mass is 10.3. The average molecular weight is 511 g/mol. The van der Waals surface area contributed by atoms with Gasteiger partial charge < -0.3 is 14.6 Å². The van der Waals surface area contributed by atoms with Crippen LogP contribution in [0.3, 0.4) is 0 Å². The number of phenolic OH excluding ortho intramolecular Hbond substituents is 1. The van der Waals surface area contributed by atoms with Gasteiger partial charge in [0.2, 0.25) is 19.7 Å². The second-order valence-electron chi connectivity index (χ2n) is 7.45. The third-order valence-electron chi connectivity index (χ3n) is 5.10. The van der Waals surface area contributed by atoms with Gasteiger partial charge in [-0.05, 0) is 104 Å². The number of ether oxygens (including phenoxy) is 2. The number of phenols is 1. The highest BCUT2D eigenvalue weighted by Crippen LogP contribution is 2.29. The molecule has 0 spiro atoms. The van der Waals surface area contributed by atoms with Crippen LogP contribution in [0.25, 0.3) is 0 Å². The molecule has 1 N–H and O–H groups in total. The fourth-order valence-corrected chi connectivity index (χ4v) is 5.81. The molecule has 0 fully saturated rings. The molecule has 0 unspecified atom stereocenters. The summed E-state index contributed by atoms with van der Waals surface area (Å²) in [6.45, 7) is 2.34. The van der Waals surface area contributed by atoms with Crippen LogP contribution in [0, 0.1) is 0 Å². The van der Waals surface area contributed by atoms with E-state index < -0.39 is 19.7 Å². The quantitative estimate of drug-likeness (QED) is 0.345. The minimum atomic E-state index is -3.74. The standard InChI is InChI=1S/C26H22O7S2/c1-2-32-20-5-13-24(14-6-20)35(30,31)26-17-9-22(10-18-26)33-21-7-15-25(16-8-21)34(28,29)23-11-3-19(27)4-12-23/h3-18,27H,2H2,1H3. The van der Waals surface area contributed by atoms with Crippen LogP contribution in [-0.2, 0) is 19.7 Å². The molecule has 35 heavy (non-hydrogen) atoms. The zero-order chi connectivity index (χ0) is 25.1. The van der Waals surface area contributed by atoms with E-state index >= 15 is 0 Å². The van der Waals surface area contributed by atoms with Gasteiger partial charge in [0.15, 0.2) is 0 Å². The molecule has 0 amide bonds. The van der Waals surface area contributed by atoms with Crippen LogP contribution in [0.1, 0.15) is 6.92 Å². The summed E-state index contributed by atoms with van der Waals surface area (Å²) in [4.78, 5) is 0.407. The van der Waals surface area contributed by atoms with Crippen molar-refractivity contribution < 1.29 is 31.4 Å². The van der Waals surface area contributed by atoms with Crippen LogP contribution in [0.5, 0.6) is 23.0 Å². The molecule has 4 aromatic rings. The molecule has 0 saturated heterocycles. The minimum absolute atomic E-state index is 0.0222. The SMILES string of the molecule is CCOc1ccc(S(=O)(=O)c2ccc(Oc3ccc(S(=O)(=O)c4ccc(O)cc4)cc3)cc2)cc1. The van der Waals surface area contributed by atoms with E-state index in [1.165, 1.54) is 84.9 Å². The normalized spacial score (nSPS) is 11.7. The smallest absolute Gasteiger partial charge is 0.206 e. The highest BCUT2D eigenvalue weighted by atomic mass is 32.2.